The molecule has 0 spiro atoms. The van der Waals surface area contributed by atoms with Crippen molar-refractivity contribution in [1.29, 1.82) is 0 Å². The highest BCUT2D eigenvalue weighted by Crippen LogP contribution is 2.35. The third kappa shape index (κ3) is 2.64. The minimum atomic E-state index is 0.474. The maximum atomic E-state index is 5.31. The Morgan fingerprint density at radius 1 is 1.30 bits per heavy atom. The lowest BCUT2D eigenvalue weighted by Gasteiger charge is -2.20. The van der Waals surface area contributed by atoms with Gasteiger partial charge in [-0.1, -0.05) is 18.5 Å². The van der Waals surface area contributed by atoms with Crippen LogP contribution >= 0.6 is 0 Å². The predicted octanol–water partition coefficient (Wildman–Crippen LogP) is 2.33. The monoisotopic (exact) mass is 273 g/mol. The summed E-state index contributed by atoms with van der Waals surface area (Å²) in [6, 6.07) is 0. The minimum Gasteiger partial charge on any atom is -0.339 e. The first kappa shape index (κ1) is 13.0. The van der Waals surface area contributed by atoms with Gasteiger partial charge in [-0.2, -0.15) is 4.98 Å². The lowest BCUT2D eigenvalue weighted by Crippen LogP contribution is -2.20. The van der Waals surface area contributed by atoms with Crippen molar-refractivity contribution in [3.05, 3.63) is 29.7 Å². The lowest BCUT2D eigenvalue weighted by atomic mass is 9.85. The van der Waals surface area contributed by atoms with Crippen LogP contribution in [-0.2, 0) is 13.0 Å². The third-order valence-electron chi connectivity index (χ3n) is 3.76. The molecule has 1 saturated carbocycles. The second-order valence-corrected chi connectivity index (χ2v) is 5.28. The van der Waals surface area contributed by atoms with Gasteiger partial charge in [-0.3, -0.25) is 0 Å². The molecule has 2 aromatic rings. The second kappa shape index (κ2) is 5.56. The maximum Gasteiger partial charge on any atom is 0.229 e. The van der Waals surface area contributed by atoms with E-state index in [0.29, 0.717) is 24.2 Å². The van der Waals surface area contributed by atoms with Crippen molar-refractivity contribution >= 4 is 5.95 Å². The number of hydrogen-bond acceptors (Lipinski definition) is 6. The normalized spacial score (nSPS) is 15.1. The fourth-order valence-electron chi connectivity index (χ4n) is 2.16. The molecule has 0 atom stereocenters. The van der Waals surface area contributed by atoms with Crippen LogP contribution in [0.4, 0.5) is 5.95 Å². The van der Waals surface area contributed by atoms with E-state index in [1.165, 1.54) is 19.3 Å². The molecule has 0 unspecified atom stereocenters. The molecule has 0 radical (unpaired) electrons. The van der Waals surface area contributed by atoms with Gasteiger partial charge in [0, 0.05) is 25.4 Å². The van der Waals surface area contributed by atoms with Crippen molar-refractivity contribution < 1.29 is 4.52 Å². The molecule has 0 bridgehead atoms. The highest BCUT2D eigenvalue weighted by Gasteiger charge is 2.25. The Morgan fingerprint density at radius 2 is 2.05 bits per heavy atom. The number of rotatable bonds is 5. The molecule has 106 valence electrons. The Bertz CT molecular complexity index is 561. The van der Waals surface area contributed by atoms with Crippen LogP contribution in [0.3, 0.4) is 0 Å². The molecule has 20 heavy (non-hydrogen) atoms. The van der Waals surface area contributed by atoms with Crippen LogP contribution < -0.4 is 4.90 Å². The molecule has 6 heteroatoms. The van der Waals surface area contributed by atoms with Crippen LogP contribution in [-0.4, -0.2) is 27.2 Å². The summed E-state index contributed by atoms with van der Waals surface area (Å²) in [5, 5.41) is 4.03. The van der Waals surface area contributed by atoms with Crippen LogP contribution in [0.5, 0.6) is 0 Å². The zero-order chi connectivity index (χ0) is 13.9. The largest absolute Gasteiger partial charge is 0.339 e. The summed E-state index contributed by atoms with van der Waals surface area (Å²) in [4.78, 5) is 15.1. The summed E-state index contributed by atoms with van der Waals surface area (Å²) >= 11 is 0. The number of hydrogen-bond donors (Lipinski definition) is 0. The van der Waals surface area contributed by atoms with Gasteiger partial charge in [-0.05, 0) is 24.8 Å². The summed E-state index contributed by atoms with van der Waals surface area (Å²) < 4.78 is 5.31. The summed E-state index contributed by atoms with van der Waals surface area (Å²) in [7, 11) is 1.93. The average Bonchev–Trinajstić information content (AvgIpc) is 2.85. The molecular weight excluding hydrogens is 254 g/mol. The van der Waals surface area contributed by atoms with Gasteiger partial charge in [0.15, 0.2) is 5.82 Å². The second-order valence-electron chi connectivity index (χ2n) is 5.28. The SMILES string of the molecule is CCc1cnc(N(C)Cc2noc(C3CCC3)n2)nc1. The molecule has 3 rings (SSSR count). The summed E-state index contributed by atoms with van der Waals surface area (Å²) in [6.07, 6.45) is 8.25. The first-order valence-electron chi connectivity index (χ1n) is 7.10. The van der Waals surface area contributed by atoms with Crippen molar-refractivity contribution in [3.63, 3.8) is 0 Å². The van der Waals surface area contributed by atoms with Gasteiger partial charge in [0.1, 0.15) is 0 Å². The van der Waals surface area contributed by atoms with E-state index in [2.05, 4.69) is 27.0 Å². The van der Waals surface area contributed by atoms with Gasteiger partial charge in [0.25, 0.3) is 0 Å². The number of aromatic nitrogens is 4. The number of anilines is 1. The molecule has 0 N–H and O–H groups in total. The summed E-state index contributed by atoms with van der Waals surface area (Å²) in [5.74, 6) is 2.62. The zero-order valence-electron chi connectivity index (χ0n) is 11.9. The first-order chi connectivity index (χ1) is 9.76. The molecule has 1 fully saturated rings. The van der Waals surface area contributed by atoms with Gasteiger partial charge in [-0.25, -0.2) is 9.97 Å². The Morgan fingerprint density at radius 3 is 2.65 bits per heavy atom. The first-order valence-corrected chi connectivity index (χ1v) is 7.10. The van der Waals surface area contributed by atoms with Crippen LogP contribution in [0.15, 0.2) is 16.9 Å². The highest BCUT2D eigenvalue weighted by atomic mass is 16.5. The molecule has 6 nitrogen and oxygen atoms in total. The molecular formula is C14H19N5O. The fraction of sp³-hybridized carbons (Fsp3) is 0.571. The Balaban J connectivity index is 1.64. The van der Waals surface area contributed by atoms with Gasteiger partial charge in [-0.15, -0.1) is 0 Å². The topological polar surface area (TPSA) is 67.9 Å². The molecule has 0 amide bonds. The van der Waals surface area contributed by atoms with E-state index in [1.807, 2.05) is 24.3 Å². The van der Waals surface area contributed by atoms with Gasteiger partial charge < -0.3 is 9.42 Å². The van der Waals surface area contributed by atoms with E-state index in [9.17, 15) is 0 Å². The van der Waals surface area contributed by atoms with Crippen molar-refractivity contribution in [2.24, 2.45) is 0 Å². The fourth-order valence-corrected chi connectivity index (χ4v) is 2.16. The summed E-state index contributed by atoms with van der Waals surface area (Å²) in [6.45, 7) is 2.64. The minimum absolute atomic E-state index is 0.474. The van der Waals surface area contributed by atoms with Gasteiger partial charge in [0.2, 0.25) is 11.8 Å². The standard InChI is InChI=1S/C14H19N5O/c1-3-10-7-15-14(16-8-10)19(2)9-12-17-13(20-18-12)11-5-4-6-11/h7-8,11H,3-6,9H2,1-2H3. The molecule has 1 aliphatic rings. The van der Waals surface area contributed by atoms with Crippen LogP contribution in [0.1, 0.15) is 49.4 Å². The molecule has 1 aliphatic carbocycles. The van der Waals surface area contributed by atoms with E-state index in [4.69, 9.17) is 4.52 Å². The van der Waals surface area contributed by atoms with E-state index < -0.39 is 0 Å². The van der Waals surface area contributed by atoms with E-state index in [0.717, 1.165) is 17.9 Å². The van der Waals surface area contributed by atoms with Gasteiger partial charge >= 0.3 is 0 Å². The van der Waals surface area contributed by atoms with Crippen molar-refractivity contribution in [3.8, 4) is 0 Å². The van der Waals surface area contributed by atoms with Crippen LogP contribution in [0.2, 0.25) is 0 Å². The van der Waals surface area contributed by atoms with Crippen molar-refractivity contribution in [2.75, 3.05) is 11.9 Å². The van der Waals surface area contributed by atoms with E-state index in [1.54, 1.807) is 0 Å². The number of nitrogens with zero attached hydrogens (tertiary/aromatic N) is 5. The highest BCUT2D eigenvalue weighted by molar-refractivity contribution is 5.28. The Hall–Kier alpha value is -1.98. The summed E-state index contributed by atoms with van der Waals surface area (Å²) in [5.41, 5.74) is 1.13. The van der Waals surface area contributed by atoms with E-state index >= 15 is 0 Å². The zero-order valence-corrected chi connectivity index (χ0v) is 11.9. The quantitative estimate of drug-likeness (QED) is 0.832. The average molecular weight is 273 g/mol. The lowest BCUT2D eigenvalue weighted by molar-refractivity contribution is 0.291. The number of aryl methyl sites for hydroxylation is 1. The van der Waals surface area contributed by atoms with E-state index in [-0.39, 0.29) is 0 Å². The Kier molecular flexibility index (Phi) is 3.62. The Labute approximate surface area is 118 Å². The van der Waals surface area contributed by atoms with Crippen molar-refractivity contribution in [1.82, 2.24) is 20.1 Å². The molecule has 2 heterocycles. The van der Waals surface area contributed by atoms with Gasteiger partial charge in [0.05, 0.1) is 6.54 Å². The smallest absolute Gasteiger partial charge is 0.229 e. The van der Waals surface area contributed by atoms with Crippen molar-refractivity contribution in [2.45, 2.75) is 45.1 Å². The molecule has 0 aromatic carbocycles. The van der Waals surface area contributed by atoms with Crippen LogP contribution in [0.25, 0.3) is 0 Å². The molecule has 0 aliphatic heterocycles. The predicted molar refractivity (Wildman–Crippen MR) is 74.4 cm³/mol. The maximum absolute atomic E-state index is 5.31. The molecule has 0 saturated heterocycles. The van der Waals surface area contributed by atoms with Crippen LogP contribution in [0, 0.1) is 0 Å². The third-order valence-corrected chi connectivity index (χ3v) is 3.76. The molecule has 2 aromatic heterocycles.